The van der Waals surface area contributed by atoms with Gasteiger partial charge in [0.1, 0.15) is 10.5 Å². The van der Waals surface area contributed by atoms with Gasteiger partial charge in [0, 0.05) is 23.4 Å². The molecule has 2 atom stereocenters. The maximum absolute atomic E-state index is 6.61. The molecule has 1 aliphatic rings. The Labute approximate surface area is 194 Å². The molecule has 3 nitrogen and oxygen atoms in total. The minimum absolute atomic E-state index is 0.311. The summed E-state index contributed by atoms with van der Waals surface area (Å²) in [6.45, 7) is 8.94. The van der Waals surface area contributed by atoms with E-state index < -0.39 is 0 Å². The first-order chi connectivity index (χ1) is 14.9. The molecule has 0 N–H and O–H groups in total. The average Bonchev–Trinajstić information content (AvgIpc) is 3.26. The Kier molecular flexibility index (Phi) is 6.78. The third kappa shape index (κ3) is 5.02. The summed E-state index contributed by atoms with van der Waals surface area (Å²) in [5.74, 6) is 1.15. The largest absolute Gasteiger partial charge is 0.312 e. The quantitative estimate of drug-likeness (QED) is 0.363. The van der Waals surface area contributed by atoms with Crippen molar-refractivity contribution in [2.45, 2.75) is 53.0 Å². The molecule has 0 radical (unpaired) electrons. The summed E-state index contributed by atoms with van der Waals surface area (Å²) in [6, 6.07) is 6.62. The summed E-state index contributed by atoms with van der Waals surface area (Å²) < 4.78 is 2.17. The average molecular weight is 452 g/mol. The number of hydrogen-bond acceptors (Lipinski definition) is 3. The molecule has 0 saturated carbocycles. The van der Waals surface area contributed by atoms with Crippen molar-refractivity contribution in [3.05, 3.63) is 70.5 Å². The molecule has 0 spiro atoms. The van der Waals surface area contributed by atoms with E-state index in [4.69, 9.17) is 21.6 Å². The van der Waals surface area contributed by atoms with Gasteiger partial charge in [0.2, 0.25) is 5.28 Å². The molecule has 2 heterocycles. The molecule has 3 aromatic rings. The van der Waals surface area contributed by atoms with Gasteiger partial charge < -0.3 is 4.57 Å². The number of thiazole rings is 1. The normalized spacial score (nSPS) is 17.4. The lowest BCUT2D eigenvalue weighted by atomic mass is 10.0. The number of imidazole rings is 1. The van der Waals surface area contributed by atoms with Crippen LogP contribution < -0.4 is 0 Å². The zero-order chi connectivity index (χ0) is 22.0. The molecule has 2 aromatic heterocycles. The fourth-order valence-corrected chi connectivity index (χ4v) is 5.16. The van der Waals surface area contributed by atoms with Gasteiger partial charge in [-0.2, -0.15) is 0 Å². The van der Waals surface area contributed by atoms with Crippen LogP contribution in [0.15, 0.2) is 59.5 Å². The molecule has 2 unspecified atom stereocenters. The number of benzene rings is 1. The number of para-hydroxylation sites is 1. The highest BCUT2D eigenvalue weighted by atomic mass is 35.5. The molecule has 0 saturated heterocycles. The second-order valence-corrected chi connectivity index (χ2v) is 10.1. The molecule has 1 aliphatic carbocycles. The monoisotopic (exact) mass is 451 g/mol. The molecule has 0 amide bonds. The number of aromatic nitrogens is 3. The predicted molar refractivity (Wildman–Crippen MR) is 134 cm³/mol. The van der Waals surface area contributed by atoms with Crippen LogP contribution in [0.3, 0.4) is 0 Å². The van der Waals surface area contributed by atoms with Crippen LogP contribution in [-0.4, -0.2) is 14.5 Å². The van der Waals surface area contributed by atoms with Crippen molar-refractivity contribution >= 4 is 34.0 Å². The molecule has 162 valence electrons. The summed E-state index contributed by atoms with van der Waals surface area (Å²) in [7, 11) is 0. The van der Waals surface area contributed by atoms with E-state index in [1.54, 1.807) is 11.3 Å². The zero-order valence-electron chi connectivity index (χ0n) is 18.7. The van der Waals surface area contributed by atoms with Crippen molar-refractivity contribution in [2.75, 3.05) is 0 Å². The van der Waals surface area contributed by atoms with Crippen molar-refractivity contribution in [1.82, 2.24) is 14.5 Å². The molecule has 31 heavy (non-hydrogen) atoms. The third-order valence-electron chi connectivity index (χ3n) is 5.79. The number of rotatable bonds is 7. The van der Waals surface area contributed by atoms with Crippen LogP contribution in [0.1, 0.15) is 52.3 Å². The molecule has 0 aliphatic heterocycles. The predicted octanol–water partition coefficient (Wildman–Crippen LogP) is 8.04. The third-order valence-corrected chi connectivity index (χ3v) is 6.98. The van der Waals surface area contributed by atoms with Crippen molar-refractivity contribution in [2.24, 2.45) is 11.8 Å². The second kappa shape index (κ2) is 9.54. The Hall–Kier alpha value is -2.17. The zero-order valence-corrected chi connectivity index (χ0v) is 20.2. The van der Waals surface area contributed by atoms with E-state index in [0.717, 1.165) is 40.1 Å². The highest BCUT2D eigenvalue weighted by Gasteiger charge is 2.19. The topological polar surface area (TPSA) is 30.7 Å². The van der Waals surface area contributed by atoms with Crippen molar-refractivity contribution in [1.29, 1.82) is 0 Å². The molecular weight excluding hydrogens is 422 g/mol. The van der Waals surface area contributed by atoms with E-state index in [1.165, 1.54) is 12.0 Å². The molecule has 0 bridgehead atoms. The minimum atomic E-state index is 0.311. The molecule has 4 rings (SSSR count). The molecule has 5 heteroatoms. The van der Waals surface area contributed by atoms with Crippen LogP contribution in [-0.2, 0) is 6.42 Å². The highest BCUT2D eigenvalue weighted by Crippen LogP contribution is 2.35. The summed E-state index contributed by atoms with van der Waals surface area (Å²) >= 11 is 8.29. The van der Waals surface area contributed by atoms with E-state index in [9.17, 15) is 0 Å². The van der Waals surface area contributed by atoms with Crippen molar-refractivity contribution < 1.29 is 0 Å². The second-order valence-electron chi connectivity index (χ2n) is 8.91. The van der Waals surface area contributed by atoms with Gasteiger partial charge >= 0.3 is 0 Å². The first-order valence-electron chi connectivity index (χ1n) is 11.1. The van der Waals surface area contributed by atoms with E-state index in [2.05, 4.69) is 86.2 Å². The van der Waals surface area contributed by atoms with Gasteiger partial charge in [-0.25, -0.2) is 9.97 Å². The Bertz CT molecular complexity index is 1150. The van der Waals surface area contributed by atoms with Gasteiger partial charge in [-0.3, -0.25) is 0 Å². The Balaban J connectivity index is 1.62. The van der Waals surface area contributed by atoms with Gasteiger partial charge in [0.15, 0.2) is 0 Å². The fourth-order valence-electron chi connectivity index (χ4n) is 3.97. The number of allylic oxidation sites excluding steroid dienone is 6. The molecule has 1 aromatic carbocycles. The lowest BCUT2D eigenvalue weighted by molar-refractivity contribution is 0.446. The van der Waals surface area contributed by atoms with Crippen LogP contribution in [0.25, 0.3) is 21.6 Å². The van der Waals surface area contributed by atoms with Crippen molar-refractivity contribution in [3.8, 4) is 10.6 Å². The Morgan fingerprint density at radius 2 is 1.97 bits per heavy atom. The van der Waals surface area contributed by atoms with Crippen LogP contribution in [0, 0.1) is 11.8 Å². The van der Waals surface area contributed by atoms with E-state index >= 15 is 0 Å². The van der Waals surface area contributed by atoms with Gasteiger partial charge in [-0.05, 0) is 60.9 Å². The maximum atomic E-state index is 6.61. The van der Waals surface area contributed by atoms with E-state index in [-0.39, 0.29) is 0 Å². The van der Waals surface area contributed by atoms with Crippen LogP contribution in [0.4, 0.5) is 0 Å². The van der Waals surface area contributed by atoms with E-state index in [0.29, 0.717) is 23.2 Å². The summed E-state index contributed by atoms with van der Waals surface area (Å²) in [4.78, 5) is 9.69. The van der Waals surface area contributed by atoms with Crippen molar-refractivity contribution in [3.63, 3.8) is 0 Å². The SMILES string of the molecule is CC1C=CC=C(Cc2csc(-c3cccc4c3nc(Cl)n4C(C)CCC(C)C)n2)C=C1. The summed E-state index contributed by atoms with van der Waals surface area (Å²) in [5.41, 5.74) is 5.46. The number of halogens is 1. The molecule has 0 fully saturated rings. The minimum Gasteiger partial charge on any atom is -0.312 e. The van der Waals surface area contributed by atoms with Gasteiger partial charge in [0.05, 0.1) is 11.2 Å². The number of hydrogen-bond donors (Lipinski definition) is 0. The first-order valence-corrected chi connectivity index (χ1v) is 12.3. The summed E-state index contributed by atoms with van der Waals surface area (Å²) in [5, 5.41) is 3.72. The van der Waals surface area contributed by atoms with Crippen LogP contribution in [0.5, 0.6) is 0 Å². The number of fused-ring (bicyclic) bond motifs is 1. The smallest absolute Gasteiger partial charge is 0.204 e. The van der Waals surface area contributed by atoms with Gasteiger partial charge in [-0.1, -0.05) is 57.2 Å². The molecular formula is C26H30ClN3S. The highest BCUT2D eigenvalue weighted by molar-refractivity contribution is 7.13. The van der Waals surface area contributed by atoms with E-state index in [1.807, 2.05) is 0 Å². The van der Waals surface area contributed by atoms with Gasteiger partial charge in [-0.15, -0.1) is 11.3 Å². The standard InChI is InChI=1S/C26H30ClN3S/c1-17(2)11-13-19(4)30-23-10-6-9-22(24(23)29-26(30)27)25-28-21(16-31-25)15-20-8-5-7-18(3)12-14-20/h5-10,12,14,16-19H,11,13,15H2,1-4H3. The summed E-state index contributed by atoms with van der Waals surface area (Å²) in [6.07, 6.45) is 14.1. The Morgan fingerprint density at radius 3 is 2.77 bits per heavy atom. The van der Waals surface area contributed by atoms with Crippen LogP contribution >= 0.6 is 22.9 Å². The fraction of sp³-hybridized carbons (Fsp3) is 0.385. The van der Waals surface area contributed by atoms with Gasteiger partial charge in [0.25, 0.3) is 0 Å². The maximum Gasteiger partial charge on any atom is 0.204 e. The van der Waals surface area contributed by atoms with Crippen LogP contribution in [0.2, 0.25) is 5.28 Å². The lowest BCUT2D eigenvalue weighted by Gasteiger charge is -2.16. The number of nitrogens with zero attached hydrogens (tertiary/aromatic N) is 3. The first kappa shape index (κ1) is 22.0. The lowest BCUT2D eigenvalue weighted by Crippen LogP contribution is -2.06. The Morgan fingerprint density at radius 1 is 1.13 bits per heavy atom.